The zero-order chi connectivity index (χ0) is 10.3. The molecule has 0 unspecified atom stereocenters. The minimum atomic E-state index is 0.419. The molecule has 15 heavy (non-hydrogen) atoms. The molecule has 0 aliphatic heterocycles. The monoisotopic (exact) mass is 201 g/mol. The second-order valence-corrected chi connectivity index (χ2v) is 5.24. The Hall–Kier alpha value is -0.820. The Morgan fingerprint density at radius 2 is 2.13 bits per heavy atom. The summed E-state index contributed by atoms with van der Waals surface area (Å²) < 4.78 is 0. The van der Waals surface area contributed by atoms with Gasteiger partial charge in [0.25, 0.3) is 0 Å². The summed E-state index contributed by atoms with van der Waals surface area (Å²) in [5.41, 5.74) is 9.64. The first-order valence-corrected chi connectivity index (χ1v) is 6.14. The van der Waals surface area contributed by atoms with Crippen LogP contribution in [0.5, 0.6) is 0 Å². The topological polar surface area (TPSA) is 26.0 Å². The number of benzene rings is 1. The van der Waals surface area contributed by atoms with Crippen molar-refractivity contribution in [3.8, 4) is 0 Å². The highest BCUT2D eigenvalue weighted by Gasteiger charge is 2.45. The maximum absolute atomic E-state index is 6.06. The lowest BCUT2D eigenvalue weighted by Gasteiger charge is -2.39. The fraction of sp³-hybridized carbons (Fsp3) is 0.571. The number of rotatable bonds is 1. The molecule has 1 fully saturated rings. The number of hydrogen-bond acceptors (Lipinski definition) is 1. The first-order chi connectivity index (χ1) is 7.36. The van der Waals surface area contributed by atoms with Crippen LogP contribution in [0, 0.1) is 5.41 Å². The third-order valence-corrected chi connectivity index (χ3v) is 4.54. The van der Waals surface area contributed by atoms with Crippen LogP contribution in [-0.4, -0.2) is 6.54 Å². The van der Waals surface area contributed by atoms with Crippen LogP contribution in [0.1, 0.15) is 42.7 Å². The summed E-state index contributed by atoms with van der Waals surface area (Å²) in [6.45, 7) is 0.867. The molecule has 0 bridgehead atoms. The van der Waals surface area contributed by atoms with E-state index >= 15 is 0 Å². The van der Waals surface area contributed by atoms with Crippen molar-refractivity contribution in [3.05, 3.63) is 35.4 Å². The minimum absolute atomic E-state index is 0.419. The van der Waals surface area contributed by atoms with Crippen molar-refractivity contribution >= 4 is 0 Å². The highest BCUT2D eigenvalue weighted by molar-refractivity contribution is 5.39. The molecule has 2 aliphatic carbocycles. The third-order valence-electron chi connectivity index (χ3n) is 4.54. The molecule has 80 valence electrons. The number of nitrogens with two attached hydrogens (primary N) is 1. The lowest BCUT2D eigenvalue weighted by molar-refractivity contribution is 0.178. The molecule has 0 spiro atoms. The van der Waals surface area contributed by atoms with Gasteiger partial charge in [0.15, 0.2) is 0 Å². The van der Waals surface area contributed by atoms with Gasteiger partial charge in [-0.1, -0.05) is 37.1 Å². The van der Waals surface area contributed by atoms with Crippen LogP contribution in [0.2, 0.25) is 0 Å². The van der Waals surface area contributed by atoms with Crippen LogP contribution in [0.15, 0.2) is 24.3 Å². The van der Waals surface area contributed by atoms with E-state index in [4.69, 9.17) is 5.73 Å². The SMILES string of the molecule is NC[C@@]12CCCC[C@@H]1c1ccccc1C2. The molecule has 0 heterocycles. The van der Waals surface area contributed by atoms with Gasteiger partial charge >= 0.3 is 0 Å². The highest BCUT2D eigenvalue weighted by atomic mass is 14.6. The predicted octanol–water partition coefficient (Wildman–Crippen LogP) is 2.85. The Balaban J connectivity index is 2.06. The highest BCUT2D eigenvalue weighted by Crippen LogP contribution is 2.54. The molecular formula is C14H19N. The fourth-order valence-corrected chi connectivity index (χ4v) is 3.73. The Morgan fingerprint density at radius 3 is 3.00 bits per heavy atom. The van der Waals surface area contributed by atoms with Gasteiger partial charge in [0.1, 0.15) is 0 Å². The van der Waals surface area contributed by atoms with E-state index < -0.39 is 0 Å². The van der Waals surface area contributed by atoms with Crippen molar-refractivity contribution in [3.63, 3.8) is 0 Å². The molecular weight excluding hydrogens is 182 g/mol. The maximum Gasteiger partial charge on any atom is -0.00115 e. The molecule has 0 radical (unpaired) electrons. The van der Waals surface area contributed by atoms with Crippen LogP contribution in [-0.2, 0) is 6.42 Å². The Bertz CT molecular complexity index is 371. The molecule has 1 heteroatoms. The molecule has 3 rings (SSSR count). The summed E-state index contributed by atoms with van der Waals surface area (Å²) in [5.74, 6) is 0.757. The van der Waals surface area contributed by atoms with Crippen molar-refractivity contribution in [2.24, 2.45) is 11.1 Å². The van der Waals surface area contributed by atoms with E-state index in [9.17, 15) is 0 Å². The lowest BCUT2D eigenvalue weighted by Crippen LogP contribution is -2.36. The van der Waals surface area contributed by atoms with E-state index in [0.29, 0.717) is 5.41 Å². The van der Waals surface area contributed by atoms with E-state index in [1.54, 1.807) is 11.1 Å². The van der Waals surface area contributed by atoms with Crippen LogP contribution in [0.25, 0.3) is 0 Å². The van der Waals surface area contributed by atoms with Gasteiger partial charge in [0, 0.05) is 0 Å². The van der Waals surface area contributed by atoms with Crippen molar-refractivity contribution < 1.29 is 0 Å². The molecule has 2 atom stereocenters. The van der Waals surface area contributed by atoms with Crippen molar-refractivity contribution in [1.82, 2.24) is 0 Å². The van der Waals surface area contributed by atoms with E-state index in [2.05, 4.69) is 24.3 Å². The van der Waals surface area contributed by atoms with E-state index in [-0.39, 0.29) is 0 Å². The first kappa shape index (κ1) is 9.41. The van der Waals surface area contributed by atoms with Gasteiger partial charge in [-0.3, -0.25) is 0 Å². The summed E-state index contributed by atoms with van der Waals surface area (Å²) in [5, 5.41) is 0. The van der Waals surface area contributed by atoms with Crippen LogP contribution >= 0.6 is 0 Å². The normalized spacial score (nSPS) is 33.5. The molecule has 0 amide bonds. The molecule has 2 N–H and O–H groups in total. The zero-order valence-electron chi connectivity index (χ0n) is 9.21. The van der Waals surface area contributed by atoms with E-state index in [1.165, 1.54) is 32.1 Å². The maximum atomic E-state index is 6.06. The summed E-state index contributed by atoms with van der Waals surface area (Å²) >= 11 is 0. The van der Waals surface area contributed by atoms with Gasteiger partial charge in [-0.05, 0) is 48.3 Å². The average Bonchev–Trinajstić information content (AvgIpc) is 2.64. The molecule has 2 aliphatic rings. The van der Waals surface area contributed by atoms with Crippen molar-refractivity contribution in [1.29, 1.82) is 0 Å². The zero-order valence-corrected chi connectivity index (χ0v) is 9.21. The molecule has 1 saturated carbocycles. The van der Waals surface area contributed by atoms with E-state index in [0.717, 1.165) is 12.5 Å². The average molecular weight is 201 g/mol. The Kier molecular flexibility index (Phi) is 2.10. The van der Waals surface area contributed by atoms with Gasteiger partial charge in [-0.15, -0.1) is 0 Å². The standard InChI is InChI=1S/C14H19N/c15-10-14-8-4-3-7-13(14)12-6-2-1-5-11(12)9-14/h1-2,5-6,13H,3-4,7-10,15H2/t13-,14+/m1/s1. The molecule has 1 aromatic carbocycles. The summed E-state index contributed by atoms with van der Waals surface area (Å²) in [7, 11) is 0. The molecule has 0 saturated heterocycles. The smallest absolute Gasteiger partial charge is 0.00115 e. The first-order valence-electron chi connectivity index (χ1n) is 6.14. The van der Waals surface area contributed by atoms with Gasteiger partial charge < -0.3 is 5.73 Å². The quantitative estimate of drug-likeness (QED) is 0.743. The van der Waals surface area contributed by atoms with Crippen LogP contribution in [0.3, 0.4) is 0 Å². The number of fused-ring (bicyclic) bond motifs is 3. The summed E-state index contributed by atoms with van der Waals surface area (Å²) in [6.07, 6.45) is 6.68. The Labute approximate surface area is 91.7 Å². The summed E-state index contributed by atoms with van der Waals surface area (Å²) in [6, 6.07) is 8.97. The van der Waals surface area contributed by atoms with Crippen molar-refractivity contribution in [2.45, 2.75) is 38.0 Å². The van der Waals surface area contributed by atoms with Gasteiger partial charge in [-0.2, -0.15) is 0 Å². The largest absolute Gasteiger partial charge is 0.330 e. The van der Waals surface area contributed by atoms with E-state index in [1.807, 2.05) is 0 Å². The molecule has 1 nitrogen and oxygen atoms in total. The number of hydrogen-bond donors (Lipinski definition) is 1. The lowest BCUT2D eigenvalue weighted by atomic mass is 9.67. The van der Waals surface area contributed by atoms with Crippen LogP contribution < -0.4 is 5.73 Å². The molecule has 1 aromatic rings. The fourth-order valence-electron chi connectivity index (χ4n) is 3.73. The molecule has 0 aromatic heterocycles. The van der Waals surface area contributed by atoms with Crippen molar-refractivity contribution in [2.75, 3.05) is 6.54 Å². The predicted molar refractivity (Wildman–Crippen MR) is 62.8 cm³/mol. The van der Waals surface area contributed by atoms with Crippen LogP contribution in [0.4, 0.5) is 0 Å². The van der Waals surface area contributed by atoms with Gasteiger partial charge in [0.05, 0.1) is 0 Å². The minimum Gasteiger partial charge on any atom is -0.330 e. The van der Waals surface area contributed by atoms with Gasteiger partial charge in [-0.25, -0.2) is 0 Å². The third kappa shape index (κ3) is 1.26. The second kappa shape index (κ2) is 3.34. The van der Waals surface area contributed by atoms with Gasteiger partial charge in [0.2, 0.25) is 0 Å². The second-order valence-electron chi connectivity index (χ2n) is 5.24. The Morgan fingerprint density at radius 1 is 1.27 bits per heavy atom. The summed E-state index contributed by atoms with van der Waals surface area (Å²) in [4.78, 5) is 0.